The number of amides is 1. The largest absolute Gasteiger partial charge is 0.489 e. The topological polar surface area (TPSA) is 88.4 Å². The molecule has 0 unspecified atom stereocenters. The van der Waals surface area contributed by atoms with E-state index in [-0.39, 0.29) is 11.7 Å². The molecule has 0 spiro atoms. The molecule has 0 radical (unpaired) electrons. The van der Waals surface area contributed by atoms with Crippen LogP contribution in [0.25, 0.3) is 6.08 Å². The molecule has 0 aromatic heterocycles. The van der Waals surface area contributed by atoms with Crippen molar-refractivity contribution in [2.45, 2.75) is 20.0 Å². The third-order valence-corrected chi connectivity index (χ3v) is 3.85. The van der Waals surface area contributed by atoms with Gasteiger partial charge >= 0.3 is 5.97 Å². The summed E-state index contributed by atoms with van der Waals surface area (Å²) in [4.78, 5) is 23.8. The van der Waals surface area contributed by atoms with E-state index in [1.807, 2.05) is 19.9 Å². The van der Waals surface area contributed by atoms with Crippen LogP contribution >= 0.6 is 11.6 Å². The van der Waals surface area contributed by atoms with Crippen molar-refractivity contribution >= 4 is 35.2 Å². The summed E-state index contributed by atoms with van der Waals surface area (Å²) in [6.45, 7) is 3.78. The third-order valence-electron chi connectivity index (χ3n) is 3.56. The number of halogens is 1. The Hall–Kier alpha value is -3.30. The predicted octanol–water partition coefficient (Wildman–Crippen LogP) is 4.46. The number of benzene rings is 2. The summed E-state index contributed by atoms with van der Waals surface area (Å²) < 4.78 is 10.2. The lowest BCUT2D eigenvalue weighted by atomic mass is 10.1. The molecule has 2 rings (SSSR count). The molecule has 6 nitrogen and oxygen atoms in total. The molecule has 7 heteroatoms. The average molecular weight is 399 g/mol. The second-order valence-corrected chi connectivity index (χ2v) is 6.46. The average Bonchev–Trinajstić information content (AvgIpc) is 2.67. The van der Waals surface area contributed by atoms with Crippen molar-refractivity contribution in [1.29, 1.82) is 5.26 Å². The number of esters is 1. The van der Waals surface area contributed by atoms with Crippen LogP contribution in [-0.2, 0) is 9.53 Å². The van der Waals surface area contributed by atoms with Gasteiger partial charge in [0, 0.05) is 5.69 Å². The molecular weight excluding hydrogens is 380 g/mol. The number of carbonyl (C=O) groups is 2. The second kappa shape index (κ2) is 9.58. The first-order chi connectivity index (χ1) is 13.3. The molecular formula is C21H19ClN2O4. The highest BCUT2D eigenvalue weighted by molar-refractivity contribution is 6.32. The Bertz CT molecular complexity index is 944. The molecule has 0 aliphatic heterocycles. The zero-order valence-electron chi connectivity index (χ0n) is 15.7. The number of methoxy groups -OCH3 is 1. The summed E-state index contributed by atoms with van der Waals surface area (Å²) in [5, 5.41) is 12.3. The number of anilines is 1. The van der Waals surface area contributed by atoms with E-state index in [1.165, 1.54) is 25.3 Å². The molecule has 144 valence electrons. The minimum atomic E-state index is -0.577. The van der Waals surface area contributed by atoms with Crippen LogP contribution in [0.1, 0.15) is 29.8 Å². The van der Waals surface area contributed by atoms with Crippen LogP contribution in [-0.4, -0.2) is 25.1 Å². The number of rotatable bonds is 6. The molecule has 0 saturated carbocycles. The highest BCUT2D eigenvalue weighted by Crippen LogP contribution is 2.27. The number of nitrogens with zero attached hydrogens (tertiary/aromatic N) is 1. The standard InChI is InChI=1S/C21H19ClN2O4/c1-13(2)28-19-9-4-14(11-18(19)22)10-16(12-23)20(25)24-17-7-5-15(6-8-17)21(26)27-3/h4-11,13H,1-3H3,(H,24,25)/b16-10+. The van der Waals surface area contributed by atoms with E-state index < -0.39 is 11.9 Å². The lowest BCUT2D eigenvalue weighted by Gasteiger charge is -2.11. The maximum atomic E-state index is 12.4. The van der Waals surface area contributed by atoms with E-state index in [1.54, 1.807) is 30.3 Å². The zero-order chi connectivity index (χ0) is 20.7. The van der Waals surface area contributed by atoms with E-state index in [2.05, 4.69) is 10.1 Å². The summed E-state index contributed by atoms with van der Waals surface area (Å²) in [5.41, 5.74) is 1.30. The van der Waals surface area contributed by atoms with Gasteiger partial charge in [0.05, 0.1) is 23.8 Å². The van der Waals surface area contributed by atoms with Crippen molar-refractivity contribution in [2.24, 2.45) is 0 Å². The third kappa shape index (κ3) is 5.60. The van der Waals surface area contributed by atoms with Crippen LogP contribution in [0.5, 0.6) is 5.75 Å². The molecule has 2 aromatic carbocycles. The van der Waals surface area contributed by atoms with Crippen molar-refractivity contribution in [2.75, 3.05) is 12.4 Å². The summed E-state index contributed by atoms with van der Waals surface area (Å²) in [6.07, 6.45) is 1.41. The summed E-state index contributed by atoms with van der Waals surface area (Å²) >= 11 is 6.19. The first-order valence-corrected chi connectivity index (χ1v) is 8.79. The molecule has 0 bridgehead atoms. The van der Waals surface area contributed by atoms with E-state index in [0.29, 0.717) is 27.6 Å². The maximum Gasteiger partial charge on any atom is 0.337 e. The summed E-state index contributed by atoms with van der Waals surface area (Å²) in [5.74, 6) is -0.522. The van der Waals surface area contributed by atoms with Gasteiger partial charge in [0.15, 0.2) is 0 Å². The van der Waals surface area contributed by atoms with Gasteiger partial charge in [-0.15, -0.1) is 0 Å². The molecule has 1 amide bonds. The first kappa shape index (κ1) is 21.0. The Balaban J connectivity index is 2.16. The number of ether oxygens (including phenoxy) is 2. The number of hydrogen-bond acceptors (Lipinski definition) is 5. The number of hydrogen-bond donors (Lipinski definition) is 1. The maximum absolute atomic E-state index is 12.4. The highest BCUT2D eigenvalue weighted by Gasteiger charge is 2.12. The number of carbonyl (C=O) groups excluding carboxylic acids is 2. The Morgan fingerprint density at radius 3 is 2.39 bits per heavy atom. The number of nitrogens with one attached hydrogen (secondary N) is 1. The lowest BCUT2D eigenvalue weighted by molar-refractivity contribution is -0.112. The minimum Gasteiger partial charge on any atom is -0.489 e. The Kier molecular flexibility index (Phi) is 7.19. The fraction of sp³-hybridized carbons (Fsp3) is 0.190. The van der Waals surface area contributed by atoms with Gasteiger partial charge in [-0.25, -0.2) is 4.79 Å². The van der Waals surface area contributed by atoms with Gasteiger partial charge in [0.2, 0.25) is 0 Å². The SMILES string of the molecule is COC(=O)c1ccc(NC(=O)/C(C#N)=C/c2ccc(OC(C)C)c(Cl)c2)cc1. The quantitative estimate of drug-likeness (QED) is 0.441. The van der Waals surface area contributed by atoms with Crippen LogP contribution in [0.15, 0.2) is 48.0 Å². The van der Waals surface area contributed by atoms with Gasteiger partial charge in [-0.3, -0.25) is 4.79 Å². The predicted molar refractivity (Wildman–Crippen MR) is 107 cm³/mol. The fourth-order valence-corrected chi connectivity index (χ4v) is 2.51. The minimum absolute atomic E-state index is 0.0232. The lowest BCUT2D eigenvalue weighted by Crippen LogP contribution is -2.13. The summed E-state index contributed by atoms with van der Waals surface area (Å²) in [7, 11) is 1.29. The smallest absolute Gasteiger partial charge is 0.337 e. The monoisotopic (exact) mass is 398 g/mol. The Labute approximate surface area is 168 Å². The Morgan fingerprint density at radius 1 is 1.18 bits per heavy atom. The van der Waals surface area contributed by atoms with Crippen molar-refractivity contribution in [3.63, 3.8) is 0 Å². The second-order valence-electron chi connectivity index (χ2n) is 6.05. The molecule has 28 heavy (non-hydrogen) atoms. The molecule has 0 heterocycles. The van der Waals surface area contributed by atoms with Crippen LogP contribution in [0.3, 0.4) is 0 Å². The van der Waals surface area contributed by atoms with Gasteiger partial charge in [0.1, 0.15) is 17.4 Å². The molecule has 1 N–H and O–H groups in total. The van der Waals surface area contributed by atoms with Crippen molar-refractivity contribution < 1.29 is 19.1 Å². The fourth-order valence-electron chi connectivity index (χ4n) is 2.28. The van der Waals surface area contributed by atoms with E-state index in [0.717, 1.165) is 0 Å². The molecule has 0 fully saturated rings. The van der Waals surface area contributed by atoms with Gasteiger partial charge in [0.25, 0.3) is 5.91 Å². The highest BCUT2D eigenvalue weighted by atomic mass is 35.5. The van der Waals surface area contributed by atoms with Gasteiger partial charge in [-0.2, -0.15) is 5.26 Å². The Morgan fingerprint density at radius 2 is 1.86 bits per heavy atom. The van der Waals surface area contributed by atoms with Gasteiger partial charge in [-0.1, -0.05) is 17.7 Å². The van der Waals surface area contributed by atoms with Gasteiger partial charge in [-0.05, 0) is 61.9 Å². The number of nitriles is 1. The van der Waals surface area contributed by atoms with Crippen molar-refractivity contribution in [3.8, 4) is 11.8 Å². The van der Waals surface area contributed by atoms with Crippen LogP contribution < -0.4 is 10.1 Å². The first-order valence-electron chi connectivity index (χ1n) is 8.41. The molecule has 0 aliphatic rings. The zero-order valence-corrected chi connectivity index (χ0v) is 16.4. The van der Waals surface area contributed by atoms with Crippen molar-refractivity contribution in [3.05, 3.63) is 64.2 Å². The molecule has 2 aromatic rings. The van der Waals surface area contributed by atoms with E-state index in [4.69, 9.17) is 16.3 Å². The van der Waals surface area contributed by atoms with Crippen LogP contribution in [0, 0.1) is 11.3 Å². The normalized spacial score (nSPS) is 10.9. The van der Waals surface area contributed by atoms with Crippen molar-refractivity contribution in [1.82, 2.24) is 0 Å². The van der Waals surface area contributed by atoms with Crippen LogP contribution in [0.4, 0.5) is 5.69 Å². The van der Waals surface area contributed by atoms with Crippen LogP contribution in [0.2, 0.25) is 5.02 Å². The van der Waals surface area contributed by atoms with E-state index >= 15 is 0 Å². The molecule has 0 saturated heterocycles. The van der Waals surface area contributed by atoms with Gasteiger partial charge < -0.3 is 14.8 Å². The van der Waals surface area contributed by atoms with E-state index in [9.17, 15) is 14.9 Å². The molecule has 0 aliphatic carbocycles. The summed E-state index contributed by atoms with van der Waals surface area (Å²) in [6, 6.07) is 13.0. The molecule has 0 atom stereocenters.